The van der Waals surface area contributed by atoms with Crippen molar-refractivity contribution < 1.29 is 14.3 Å². The van der Waals surface area contributed by atoms with E-state index in [1.807, 2.05) is 18.2 Å². The highest BCUT2D eigenvalue weighted by molar-refractivity contribution is 5.85. The molecule has 1 aromatic rings. The number of carbonyl (C=O) groups is 1. The number of amides is 1. The Kier molecular flexibility index (Phi) is 5.38. The molecule has 1 aliphatic rings. The van der Waals surface area contributed by atoms with Crippen LogP contribution >= 0.6 is 0 Å². The lowest BCUT2D eigenvalue weighted by molar-refractivity contribution is -0.122. The number of methoxy groups -OCH3 is 2. The van der Waals surface area contributed by atoms with Crippen LogP contribution < -0.4 is 10.6 Å². The Balaban J connectivity index is 1.85. The predicted molar refractivity (Wildman–Crippen MR) is 77.9 cm³/mol. The molecule has 0 fully saturated rings. The molecular formula is C15H22N2O3. The maximum Gasteiger partial charge on any atom is 0.242 e. The second-order valence-corrected chi connectivity index (χ2v) is 4.95. The molecule has 2 N–H and O–H groups in total. The van der Waals surface area contributed by atoms with Crippen LogP contribution in [0.2, 0.25) is 0 Å². The van der Waals surface area contributed by atoms with E-state index in [0.717, 1.165) is 18.5 Å². The van der Waals surface area contributed by atoms with Gasteiger partial charge in [-0.25, -0.2) is 0 Å². The molecule has 1 aliphatic heterocycles. The Labute approximate surface area is 119 Å². The van der Waals surface area contributed by atoms with Crippen LogP contribution in [0.1, 0.15) is 12.0 Å². The molecule has 2 rings (SSSR count). The molecule has 2 atom stereocenters. The van der Waals surface area contributed by atoms with Crippen LogP contribution in [-0.4, -0.2) is 45.4 Å². The fourth-order valence-corrected chi connectivity index (χ4v) is 2.37. The summed E-state index contributed by atoms with van der Waals surface area (Å²) in [7, 11) is 3.23. The lowest BCUT2D eigenvalue weighted by Crippen LogP contribution is -2.45. The zero-order valence-electron chi connectivity index (χ0n) is 12.0. The van der Waals surface area contributed by atoms with E-state index >= 15 is 0 Å². The van der Waals surface area contributed by atoms with Crippen molar-refractivity contribution in [3.05, 3.63) is 29.8 Å². The molecule has 1 heterocycles. The SMILES string of the molecule is COCC(CNC(=O)C1CCc2ccccc2N1)OC. The van der Waals surface area contributed by atoms with Crippen LogP contribution in [-0.2, 0) is 20.7 Å². The Morgan fingerprint density at radius 2 is 2.25 bits per heavy atom. The van der Waals surface area contributed by atoms with Crippen LogP contribution in [0.3, 0.4) is 0 Å². The maximum absolute atomic E-state index is 12.2. The smallest absolute Gasteiger partial charge is 0.242 e. The third kappa shape index (κ3) is 3.71. The summed E-state index contributed by atoms with van der Waals surface area (Å²) >= 11 is 0. The van der Waals surface area contributed by atoms with E-state index in [-0.39, 0.29) is 18.1 Å². The molecule has 5 nitrogen and oxygen atoms in total. The number of aryl methyl sites for hydroxylation is 1. The Bertz CT molecular complexity index is 450. The van der Waals surface area contributed by atoms with Crippen molar-refractivity contribution in [3.8, 4) is 0 Å². The monoisotopic (exact) mass is 278 g/mol. The van der Waals surface area contributed by atoms with Gasteiger partial charge in [-0.1, -0.05) is 18.2 Å². The Morgan fingerprint density at radius 3 is 3.00 bits per heavy atom. The second kappa shape index (κ2) is 7.26. The summed E-state index contributed by atoms with van der Waals surface area (Å²) in [5, 5.41) is 6.20. The van der Waals surface area contributed by atoms with Gasteiger partial charge in [-0.2, -0.15) is 0 Å². The fraction of sp³-hybridized carbons (Fsp3) is 0.533. The molecule has 0 saturated carbocycles. The van der Waals surface area contributed by atoms with Crippen LogP contribution in [0, 0.1) is 0 Å². The average Bonchev–Trinajstić information content (AvgIpc) is 2.50. The lowest BCUT2D eigenvalue weighted by atomic mass is 9.98. The molecule has 1 aromatic carbocycles. The summed E-state index contributed by atoms with van der Waals surface area (Å²) in [6.07, 6.45) is 1.62. The van der Waals surface area contributed by atoms with Gasteiger partial charge in [-0.15, -0.1) is 0 Å². The highest BCUT2D eigenvalue weighted by atomic mass is 16.5. The molecule has 0 aromatic heterocycles. The third-order valence-corrected chi connectivity index (χ3v) is 3.56. The maximum atomic E-state index is 12.2. The van der Waals surface area contributed by atoms with Crippen molar-refractivity contribution in [2.75, 3.05) is 32.7 Å². The van der Waals surface area contributed by atoms with Gasteiger partial charge < -0.3 is 20.1 Å². The van der Waals surface area contributed by atoms with E-state index in [4.69, 9.17) is 9.47 Å². The minimum Gasteiger partial charge on any atom is -0.382 e. The lowest BCUT2D eigenvalue weighted by Gasteiger charge is -2.26. The van der Waals surface area contributed by atoms with E-state index in [2.05, 4.69) is 16.7 Å². The van der Waals surface area contributed by atoms with Crippen LogP contribution in [0.5, 0.6) is 0 Å². The second-order valence-electron chi connectivity index (χ2n) is 4.95. The van der Waals surface area contributed by atoms with Crippen LogP contribution in [0.4, 0.5) is 5.69 Å². The molecule has 0 spiro atoms. The number of hydrogen-bond donors (Lipinski definition) is 2. The first-order valence-corrected chi connectivity index (χ1v) is 6.88. The number of hydrogen-bond acceptors (Lipinski definition) is 4. The zero-order chi connectivity index (χ0) is 14.4. The van der Waals surface area contributed by atoms with Gasteiger partial charge >= 0.3 is 0 Å². The molecule has 110 valence electrons. The Morgan fingerprint density at radius 1 is 1.45 bits per heavy atom. The van der Waals surface area contributed by atoms with Crippen molar-refractivity contribution in [2.45, 2.75) is 25.0 Å². The molecular weight excluding hydrogens is 256 g/mol. The highest BCUT2D eigenvalue weighted by Crippen LogP contribution is 2.24. The summed E-state index contributed by atoms with van der Waals surface area (Å²) in [6.45, 7) is 0.931. The van der Waals surface area contributed by atoms with Gasteiger partial charge in [0.25, 0.3) is 0 Å². The van der Waals surface area contributed by atoms with E-state index in [0.29, 0.717) is 13.2 Å². The molecule has 0 bridgehead atoms. The van der Waals surface area contributed by atoms with Crippen molar-refractivity contribution in [1.82, 2.24) is 5.32 Å². The molecule has 2 unspecified atom stereocenters. The highest BCUT2D eigenvalue weighted by Gasteiger charge is 2.23. The van der Waals surface area contributed by atoms with Crippen molar-refractivity contribution in [3.63, 3.8) is 0 Å². The van der Waals surface area contributed by atoms with E-state index in [9.17, 15) is 4.79 Å². The Hall–Kier alpha value is -1.59. The first-order valence-electron chi connectivity index (χ1n) is 6.88. The van der Waals surface area contributed by atoms with Gasteiger partial charge in [0.1, 0.15) is 6.04 Å². The molecule has 20 heavy (non-hydrogen) atoms. The normalized spacial score (nSPS) is 18.8. The molecule has 1 amide bonds. The zero-order valence-corrected chi connectivity index (χ0v) is 12.0. The van der Waals surface area contributed by atoms with Gasteiger partial charge in [0.15, 0.2) is 0 Å². The van der Waals surface area contributed by atoms with E-state index in [1.165, 1.54) is 5.56 Å². The van der Waals surface area contributed by atoms with Gasteiger partial charge in [-0.3, -0.25) is 4.79 Å². The molecule has 5 heteroatoms. The van der Waals surface area contributed by atoms with Gasteiger partial charge in [0.2, 0.25) is 5.91 Å². The summed E-state index contributed by atoms with van der Waals surface area (Å²) in [4.78, 5) is 12.2. The molecule has 0 saturated heterocycles. The number of anilines is 1. The largest absolute Gasteiger partial charge is 0.382 e. The summed E-state index contributed by atoms with van der Waals surface area (Å²) in [5.74, 6) is 0.0117. The van der Waals surface area contributed by atoms with Crippen molar-refractivity contribution in [2.24, 2.45) is 0 Å². The van der Waals surface area contributed by atoms with Crippen molar-refractivity contribution >= 4 is 11.6 Å². The summed E-state index contributed by atoms with van der Waals surface area (Å²) in [5.41, 5.74) is 2.32. The summed E-state index contributed by atoms with van der Waals surface area (Å²) < 4.78 is 10.3. The first-order chi connectivity index (χ1) is 9.74. The average molecular weight is 278 g/mol. The van der Waals surface area contributed by atoms with E-state index < -0.39 is 0 Å². The molecule has 0 aliphatic carbocycles. The number of nitrogens with one attached hydrogen (secondary N) is 2. The number of benzene rings is 1. The number of ether oxygens (including phenoxy) is 2. The number of carbonyl (C=O) groups excluding carboxylic acids is 1. The topological polar surface area (TPSA) is 59.6 Å². The fourth-order valence-electron chi connectivity index (χ4n) is 2.37. The number of rotatable bonds is 6. The number of fused-ring (bicyclic) bond motifs is 1. The summed E-state index contributed by atoms with van der Waals surface area (Å²) in [6, 6.07) is 7.93. The number of para-hydroxylation sites is 1. The van der Waals surface area contributed by atoms with Crippen LogP contribution in [0.25, 0.3) is 0 Å². The predicted octanol–water partition coefficient (Wildman–Crippen LogP) is 1.19. The minimum atomic E-state index is -0.176. The quantitative estimate of drug-likeness (QED) is 0.820. The van der Waals surface area contributed by atoms with Gasteiger partial charge in [-0.05, 0) is 24.5 Å². The van der Waals surface area contributed by atoms with Crippen molar-refractivity contribution in [1.29, 1.82) is 0 Å². The van der Waals surface area contributed by atoms with Crippen LogP contribution in [0.15, 0.2) is 24.3 Å². The van der Waals surface area contributed by atoms with Gasteiger partial charge in [0, 0.05) is 26.5 Å². The minimum absolute atomic E-state index is 0.0117. The van der Waals surface area contributed by atoms with Gasteiger partial charge in [0.05, 0.1) is 12.7 Å². The molecule has 0 radical (unpaired) electrons. The first kappa shape index (κ1) is 14.8. The van der Waals surface area contributed by atoms with E-state index in [1.54, 1.807) is 14.2 Å². The third-order valence-electron chi connectivity index (χ3n) is 3.56. The standard InChI is InChI=1S/C15H22N2O3/c1-19-10-12(20-2)9-16-15(18)14-8-7-11-5-3-4-6-13(11)17-14/h3-6,12,14,17H,7-10H2,1-2H3,(H,16,18).